The van der Waals surface area contributed by atoms with Crippen molar-refractivity contribution < 1.29 is 4.79 Å². The van der Waals surface area contributed by atoms with Gasteiger partial charge in [0.25, 0.3) is 5.91 Å². The standard InChI is InChI=1S/C10H17N3O/c1-8(2)7-9(11)10(14)12-13-5-3-4-6-13/h3-6,8-9H,7,11H2,1-2H3,(H,12,14). The van der Waals surface area contributed by atoms with Crippen LogP contribution in [0.1, 0.15) is 20.3 Å². The largest absolute Gasteiger partial charge is 0.320 e. The first-order chi connectivity index (χ1) is 6.59. The predicted octanol–water partition coefficient (Wildman–Crippen LogP) is 0.932. The zero-order valence-corrected chi connectivity index (χ0v) is 8.60. The maximum Gasteiger partial charge on any atom is 0.255 e. The second-order valence-electron chi connectivity index (χ2n) is 3.80. The van der Waals surface area contributed by atoms with Gasteiger partial charge >= 0.3 is 0 Å². The van der Waals surface area contributed by atoms with E-state index in [-0.39, 0.29) is 5.91 Å². The number of amides is 1. The van der Waals surface area contributed by atoms with E-state index in [0.29, 0.717) is 12.3 Å². The molecule has 3 N–H and O–H groups in total. The molecule has 0 aliphatic heterocycles. The number of nitrogens with zero attached hydrogens (tertiary/aromatic N) is 1. The molecule has 0 fully saturated rings. The van der Waals surface area contributed by atoms with Gasteiger partial charge in [-0.3, -0.25) is 14.9 Å². The van der Waals surface area contributed by atoms with Crippen molar-refractivity contribution in [1.82, 2.24) is 4.68 Å². The lowest BCUT2D eigenvalue weighted by Crippen LogP contribution is -2.39. The minimum atomic E-state index is -0.433. The van der Waals surface area contributed by atoms with Gasteiger partial charge in [-0.25, -0.2) is 0 Å². The van der Waals surface area contributed by atoms with Crippen LogP contribution in [0.25, 0.3) is 0 Å². The molecule has 14 heavy (non-hydrogen) atoms. The Balaban J connectivity index is 2.42. The van der Waals surface area contributed by atoms with Crippen molar-refractivity contribution in [2.24, 2.45) is 11.7 Å². The molecule has 0 saturated carbocycles. The van der Waals surface area contributed by atoms with Crippen LogP contribution in [0.5, 0.6) is 0 Å². The molecule has 0 aliphatic carbocycles. The van der Waals surface area contributed by atoms with Crippen molar-refractivity contribution in [1.29, 1.82) is 0 Å². The van der Waals surface area contributed by atoms with E-state index in [1.54, 1.807) is 17.1 Å². The average Bonchev–Trinajstić information content (AvgIpc) is 2.55. The van der Waals surface area contributed by atoms with E-state index in [1.165, 1.54) is 0 Å². The maximum atomic E-state index is 11.5. The highest BCUT2D eigenvalue weighted by atomic mass is 16.2. The zero-order valence-electron chi connectivity index (χ0n) is 8.60. The summed E-state index contributed by atoms with van der Waals surface area (Å²) in [5, 5.41) is 0. The summed E-state index contributed by atoms with van der Waals surface area (Å²) in [5.41, 5.74) is 8.39. The van der Waals surface area contributed by atoms with Crippen molar-refractivity contribution in [2.75, 3.05) is 5.43 Å². The number of nitrogens with one attached hydrogen (secondary N) is 1. The van der Waals surface area contributed by atoms with E-state index in [1.807, 2.05) is 26.0 Å². The molecule has 1 unspecified atom stereocenters. The van der Waals surface area contributed by atoms with Gasteiger partial charge in [0.05, 0.1) is 6.04 Å². The van der Waals surface area contributed by atoms with E-state index in [9.17, 15) is 4.79 Å². The predicted molar refractivity (Wildman–Crippen MR) is 56.2 cm³/mol. The average molecular weight is 195 g/mol. The van der Waals surface area contributed by atoms with E-state index in [4.69, 9.17) is 5.73 Å². The van der Waals surface area contributed by atoms with Gasteiger partial charge in [0.2, 0.25) is 0 Å². The Morgan fingerprint density at radius 2 is 2.00 bits per heavy atom. The fourth-order valence-electron chi connectivity index (χ4n) is 1.23. The molecule has 0 saturated heterocycles. The van der Waals surface area contributed by atoms with E-state index in [2.05, 4.69) is 5.43 Å². The third-order valence-corrected chi connectivity index (χ3v) is 1.91. The quantitative estimate of drug-likeness (QED) is 0.751. The second kappa shape index (κ2) is 4.81. The number of rotatable bonds is 4. The third-order valence-electron chi connectivity index (χ3n) is 1.91. The van der Waals surface area contributed by atoms with Crippen LogP contribution in [0.2, 0.25) is 0 Å². The fraction of sp³-hybridized carbons (Fsp3) is 0.500. The number of aromatic nitrogens is 1. The number of carbonyl (C=O) groups is 1. The van der Waals surface area contributed by atoms with E-state index >= 15 is 0 Å². The molecule has 1 aromatic heterocycles. The number of carbonyl (C=O) groups excluding carboxylic acids is 1. The molecule has 0 bridgehead atoms. The van der Waals surface area contributed by atoms with Crippen molar-refractivity contribution in [3.05, 3.63) is 24.5 Å². The molecule has 78 valence electrons. The summed E-state index contributed by atoms with van der Waals surface area (Å²) in [4.78, 5) is 11.5. The second-order valence-corrected chi connectivity index (χ2v) is 3.80. The molecule has 4 nitrogen and oxygen atoms in total. The molecule has 1 aromatic rings. The van der Waals surface area contributed by atoms with Gasteiger partial charge < -0.3 is 5.73 Å². The highest BCUT2D eigenvalue weighted by molar-refractivity contribution is 5.88. The van der Waals surface area contributed by atoms with Gasteiger partial charge in [-0.15, -0.1) is 0 Å². The third kappa shape index (κ3) is 3.22. The lowest BCUT2D eigenvalue weighted by atomic mass is 10.0. The van der Waals surface area contributed by atoms with Crippen molar-refractivity contribution in [3.63, 3.8) is 0 Å². The number of hydrogen-bond acceptors (Lipinski definition) is 2. The van der Waals surface area contributed by atoms with Crippen LogP contribution < -0.4 is 11.2 Å². The Labute approximate surface area is 84.1 Å². The first kappa shape index (κ1) is 10.8. The van der Waals surface area contributed by atoms with Crippen LogP contribution in [0.15, 0.2) is 24.5 Å². The van der Waals surface area contributed by atoms with Gasteiger partial charge in [-0.1, -0.05) is 13.8 Å². The minimum Gasteiger partial charge on any atom is -0.320 e. The summed E-state index contributed by atoms with van der Waals surface area (Å²) in [6.45, 7) is 4.09. The first-order valence-electron chi connectivity index (χ1n) is 4.79. The topological polar surface area (TPSA) is 60.1 Å². The SMILES string of the molecule is CC(C)CC(N)C(=O)Nn1cccc1. The zero-order chi connectivity index (χ0) is 10.6. The molecular formula is C10H17N3O. The van der Waals surface area contributed by atoms with Gasteiger partial charge in [0, 0.05) is 12.4 Å². The van der Waals surface area contributed by atoms with Crippen LogP contribution >= 0.6 is 0 Å². The molecule has 4 heteroatoms. The summed E-state index contributed by atoms with van der Waals surface area (Å²) < 4.78 is 1.60. The van der Waals surface area contributed by atoms with Gasteiger partial charge in [-0.05, 0) is 24.5 Å². The molecule has 1 atom stereocenters. The lowest BCUT2D eigenvalue weighted by Gasteiger charge is -2.14. The molecule has 0 aliphatic rings. The highest BCUT2D eigenvalue weighted by Crippen LogP contribution is 2.02. The van der Waals surface area contributed by atoms with Crippen LogP contribution in [0.4, 0.5) is 0 Å². The lowest BCUT2D eigenvalue weighted by molar-refractivity contribution is -0.118. The molecule has 1 rings (SSSR count). The fourth-order valence-corrected chi connectivity index (χ4v) is 1.23. The summed E-state index contributed by atoms with van der Waals surface area (Å²) in [6.07, 6.45) is 4.23. The minimum absolute atomic E-state index is 0.144. The Morgan fingerprint density at radius 3 is 2.50 bits per heavy atom. The molecule has 1 amide bonds. The smallest absolute Gasteiger partial charge is 0.255 e. The molecule has 0 aromatic carbocycles. The Hall–Kier alpha value is -1.29. The maximum absolute atomic E-state index is 11.5. The Kier molecular flexibility index (Phi) is 3.71. The van der Waals surface area contributed by atoms with Gasteiger partial charge in [0.1, 0.15) is 0 Å². The number of nitrogens with two attached hydrogens (primary N) is 1. The molecule has 1 heterocycles. The summed E-state index contributed by atoms with van der Waals surface area (Å²) in [5.74, 6) is 0.287. The van der Waals surface area contributed by atoms with Crippen LogP contribution in [0.3, 0.4) is 0 Å². The Morgan fingerprint density at radius 1 is 1.43 bits per heavy atom. The monoisotopic (exact) mass is 195 g/mol. The normalized spacial score (nSPS) is 12.9. The molecule has 0 radical (unpaired) electrons. The first-order valence-corrected chi connectivity index (χ1v) is 4.79. The highest BCUT2D eigenvalue weighted by Gasteiger charge is 2.14. The van der Waals surface area contributed by atoms with E-state index < -0.39 is 6.04 Å². The summed E-state index contributed by atoms with van der Waals surface area (Å²) in [6, 6.07) is 3.25. The van der Waals surface area contributed by atoms with Crippen LogP contribution in [-0.4, -0.2) is 16.6 Å². The van der Waals surface area contributed by atoms with Gasteiger partial charge in [0.15, 0.2) is 0 Å². The van der Waals surface area contributed by atoms with Crippen molar-refractivity contribution in [2.45, 2.75) is 26.3 Å². The van der Waals surface area contributed by atoms with Crippen LogP contribution in [-0.2, 0) is 4.79 Å². The van der Waals surface area contributed by atoms with Crippen molar-refractivity contribution in [3.8, 4) is 0 Å². The number of hydrogen-bond donors (Lipinski definition) is 2. The Bertz CT molecular complexity index is 280. The van der Waals surface area contributed by atoms with Crippen LogP contribution in [0, 0.1) is 5.92 Å². The summed E-state index contributed by atoms with van der Waals surface area (Å²) >= 11 is 0. The summed E-state index contributed by atoms with van der Waals surface area (Å²) in [7, 11) is 0. The molecule has 0 spiro atoms. The van der Waals surface area contributed by atoms with Crippen molar-refractivity contribution >= 4 is 5.91 Å². The molecular weight excluding hydrogens is 178 g/mol. The van der Waals surface area contributed by atoms with E-state index in [0.717, 1.165) is 0 Å². The van der Waals surface area contributed by atoms with Gasteiger partial charge in [-0.2, -0.15) is 0 Å².